The van der Waals surface area contributed by atoms with Crippen LogP contribution in [0.5, 0.6) is 0 Å². The molecule has 130 valence electrons. The van der Waals surface area contributed by atoms with Gasteiger partial charge in [0.05, 0.1) is 13.0 Å². The van der Waals surface area contributed by atoms with Gasteiger partial charge in [0.15, 0.2) is 0 Å². The van der Waals surface area contributed by atoms with Crippen LogP contribution < -0.4 is 5.32 Å². The number of para-hydroxylation sites is 1. The number of rotatable bonds is 8. The minimum absolute atomic E-state index is 0.0779. The van der Waals surface area contributed by atoms with E-state index >= 15 is 0 Å². The Morgan fingerprint density at radius 2 is 2.21 bits per heavy atom. The molecule has 2 heterocycles. The molecule has 5 nitrogen and oxygen atoms in total. The van der Waals surface area contributed by atoms with Crippen molar-refractivity contribution in [2.75, 3.05) is 26.2 Å². The minimum Gasteiger partial charge on any atom is -0.395 e. The number of fused-ring (bicyclic) bond motifs is 1. The summed E-state index contributed by atoms with van der Waals surface area (Å²) in [7, 11) is 0. The van der Waals surface area contributed by atoms with Gasteiger partial charge >= 0.3 is 0 Å². The SMILES string of the molecule is O=C(Cc1c[nH]c2ccccc12)NCCCCN1CCCC1CO. The minimum atomic E-state index is 0.0779. The molecule has 0 bridgehead atoms. The molecule has 1 unspecified atom stereocenters. The molecule has 1 aromatic carbocycles. The normalized spacial score (nSPS) is 18.3. The number of benzene rings is 1. The molecule has 1 saturated heterocycles. The van der Waals surface area contributed by atoms with Crippen LogP contribution in [0.25, 0.3) is 10.9 Å². The zero-order valence-corrected chi connectivity index (χ0v) is 14.1. The Balaban J connectivity index is 1.36. The first-order valence-electron chi connectivity index (χ1n) is 8.94. The molecule has 1 aliphatic rings. The first kappa shape index (κ1) is 17.0. The molecular weight excluding hydrogens is 302 g/mol. The number of amides is 1. The van der Waals surface area contributed by atoms with E-state index in [2.05, 4.69) is 15.2 Å². The Bertz CT molecular complexity index is 667. The maximum Gasteiger partial charge on any atom is 0.224 e. The van der Waals surface area contributed by atoms with E-state index in [4.69, 9.17) is 0 Å². The van der Waals surface area contributed by atoms with Crippen molar-refractivity contribution in [3.05, 3.63) is 36.0 Å². The fourth-order valence-electron chi connectivity index (χ4n) is 3.58. The standard InChI is InChI=1S/C19H27N3O2/c23-14-16-6-5-11-22(16)10-4-3-9-20-19(24)12-15-13-21-18-8-2-1-7-17(15)18/h1-2,7-8,13,16,21,23H,3-6,9-12,14H2,(H,20,24). The van der Waals surface area contributed by atoms with Crippen molar-refractivity contribution in [3.63, 3.8) is 0 Å². The molecule has 0 spiro atoms. The Labute approximate surface area is 143 Å². The number of unbranched alkanes of at least 4 members (excludes halogenated alkanes) is 1. The molecule has 0 radical (unpaired) electrons. The zero-order chi connectivity index (χ0) is 16.8. The maximum atomic E-state index is 12.1. The van der Waals surface area contributed by atoms with Crippen LogP contribution in [-0.2, 0) is 11.2 Å². The van der Waals surface area contributed by atoms with Crippen molar-refractivity contribution >= 4 is 16.8 Å². The fourth-order valence-corrected chi connectivity index (χ4v) is 3.58. The number of nitrogens with zero attached hydrogens (tertiary/aromatic N) is 1. The molecule has 1 fully saturated rings. The summed E-state index contributed by atoms with van der Waals surface area (Å²) in [6.45, 7) is 3.10. The third-order valence-electron chi connectivity index (χ3n) is 4.93. The molecular formula is C19H27N3O2. The van der Waals surface area contributed by atoms with Gasteiger partial charge in [-0.15, -0.1) is 0 Å². The molecule has 2 aromatic rings. The number of hydrogen-bond donors (Lipinski definition) is 3. The second-order valence-electron chi connectivity index (χ2n) is 6.61. The number of aromatic amines is 1. The predicted molar refractivity (Wildman–Crippen MR) is 95.9 cm³/mol. The summed E-state index contributed by atoms with van der Waals surface area (Å²) < 4.78 is 0. The second-order valence-corrected chi connectivity index (χ2v) is 6.61. The average Bonchev–Trinajstić information content (AvgIpc) is 3.21. The van der Waals surface area contributed by atoms with Crippen LogP contribution in [0.3, 0.4) is 0 Å². The Kier molecular flexibility index (Phi) is 5.88. The van der Waals surface area contributed by atoms with E-state index in [1.807, 2.05) is 30.5 Å². The van der Waals surface area contributed by atoms with Crippen molar-refractivity contribution in [2.24, 2.45) is 0 Å². The van der Waals surface area contributed by atoms with Crippen molar-refractivity contribution < 1.29 is 9.90 Å². The van der Waals surface area contributed by atoms with E-state index < -0.39 is 0 Å². The van der Waals surface area contributed by atoms with E-state index in [0.29, 0.717) is 12.5 Å². The van der Waals surface area contributed by atoms with Gasteiger partial charge < -0.3 is 15.4 Å². The summed E-state index contributed by atoms with van der Waals surface area (Å²) in [5.74, 6) is 0.0779. The molecule has 0 saturated carbocycles. The van der Waals surface area contributed by atoms with Crippen molar-refractivity contribution in [2.45, 2.75) is 38.1 Å². The number of hydrogen-bond acceptors (Lipinski definition) is 3. The van der Waals surface area contributed by atoms with Gasteiger partial charge in [0, 0.05) is 29.7 Å². The molecule has 24 heavy (non-hydrogen) atoms. The van der Waals surface area contributed by atoms with Gasteiger partial charge in [0.2, 0.25) is 5.91 Å². The number of carbonyl (C=O) groups is 1. The van der Waals surface area contributed by atoms with Gasteiger partial charge in [-0.25, -0.2) is 0 Å². The van der Waals surface area contributed by atoms with E-state index in [1.54, 1.807) is 0 Å². The Morgan fingerprint density at radius 3 is 3.08 bits per heavy atom. The first-order valence-corrected chi connectivity index (χ1v) is 8.94. The Morgan fingerprint density at radius 1 is 1.33 bits per heavy atom. The number of likely N-dealkylation sites (tertiary alicyclic amines) is 1. The van der Waals surface area contributed by atoms with E-state index in [1.165, 1.54) is 6.42 Å². The summed E-state index contributed by atoms with van der Waals surface area (Å²) in [6.07, 6.45) is 6.68. The third-order valence-corrected chi connectivity index (χ3v) is 4.93. The van der Waals surface area contributed by atoms with Gasteiger partial charge in [-0.05, 0) is 50.4 Å². The second kappa shape index (κ2) is 8.31. The number of aliphatic hydroxyl groups is 1. The summed E-state index contributed by atoms with van der Waals surface area (Å²) in [4.78, 5) is 17.7. The average molecular weight is 329 g/mol. The summed E-state index contributed by atoms with van der Waals surface area (Å²) in [5, 5.41) is 13.4. The predicted octanol–water partition coefficient (Wildman–Crippen LogP) is 2.06. The van der Waals surface area contributed by atoms with Crippen LogP contribution in [-0.4, -0.2) is 53.2 Å². The van der Waals surface area contributed by atoms with E-state index in [-0.39, 0.29) is 12.5 Å². The quantitative estimate of drug-likeness (QED) is 0.650. The van der Waals surface area contributed by atoms with Gasteiger partial charge in [-0.2, -0.15) is 0 Å². The van der Waals surface area contributed by atoms with E-state index in [9.17, 15) is 9.90 Å². The molecule has 1 amide bonds. The lowest BCUT2D eigenvalue weighted by molar-refractivity contribution is -0.120. The lowest BCUT2D eigenvalue weighted by Gasteiger charge is -2.22. The number of aromatic nitrogens is 1. The summed E-state index contributed by atoms with van der Waals surface area (Å²) in [6, 6.07) is 8.40. The highest BCUT2D eigenvalue weighted by molar-refractivity contribution is 5.88. The van der Waals surface area contributed by atoms with Crippen LogP contribution in [0, 0.1) is 0 Å². The van der Waals surface area contributed by atoms with Crippen LogP contribution in [0.2, 0.25) is 0 Å². The highest BCUT2D eigenvalue weighted by Gasteiger charge is 2.22. The van der Waals surface area contributed by atoms with Gasteiger partial charge in [0.25, 0.3) is 0 Å². The molecule has 3 rings (SSSR count). The van der Waals surface area contributed by atoms with Gasteiger partial charge in [-0.3, -0.25) is 9.69 Å². The van der Waals surface area contributed by atoms with E-state index in [0.717, 1.165) is 55.4 Å². The lowest BCUT2D eigenvalue weighted by Crippen LogP contribution is -2.33. The first-order chi connectivity index (χ1) is 11.8. The third kappa shape index (κ3) is 4.16. The smallest absolute Gasteiger partial charge is 0.224 e. The number of nitrogens with one attached hydrogen (secondary N) is 2. The maximum absolute atomic E-state index is 12.1. The molecule has 1 aliphatic heterocycles. The molecule has 3 N–H and O–H groups in total. The van der Waals surface area contributed by atoms with Crippen molar-refractivity contribution in [3.8, 4) is 0 Å². The van der Waals surface area contributed by atoms with Gasteiger partial charge in [-0.1, -0.05) is 18.2 Å². The van der Waals surface area contributed by atoms with Crippen molar-refractivity contribution in [1.29, 1.82) is 0 Å². The van der Waals surface area contributed by atoms with Crippen LogP contribution in [0.4, 0.5) is 0 Å². The molecule has 0 aliphatic carbocycles. The monoisotopic (exact) mass is 329 g/mol. The van der Waals surface area contributed by atoms with Crippen LogP contribution in [0.15, 0.2) is 30.5 Å². The van der Waals surface area contributed by atoms with Crippen LogP contribution in [0.1, 0.15) is 31.2 Å². The van der Waals surface area contributed by atoms with Crippen LogP contribution >= 0.6 is 0 Å². The highest BCUT2D eigenvalue weighted by atomic mass is 16.3. The van der Waals surface area contributed by atoms with Crippen molar-refractivity contribution in [1.82, 2.24) is 15.2 Å². The topological polar surface area (TPSA) is 68.4 Å². The lowest BCUT2D eigenvalue weighted by atomic mass is 10.1. The molecule has 5 heteroatoms. The fraction of sp³-hybridized carbons (Fsp3) is 0.526. The molecule has 1 atom stereocenters. The Hall–Kier alpha value is -1.85. The number of H-pyrrole nitrogens is 1. The summed E-state index contributed by atoms with van der Waals surface area (Å²) >= 11 is 0. The zero-order valence-electron chi connectivity index (χ0n) is 14.1. The van der Waals surface area contributed by atoms with Gasteiger partial charge in [0.1, 0.15) is 0 Å². The number of aliphatic hydroxyl groups excluding tert-OH is 1. The molecule has 1 aromatic heterocycles. The highest BCUT2D eigenvalue weighted by Crippen LogP contribution is 2.18. The largest absolute Gasteiger partial charge is 0.395 e. The number of carbonyl (C=O) groups excluding carboxylic acids is 1. The summed E-state index contributed by atoms with van der Waals surface area (Å²) in [5.41, 5.74) is 2.12.